The van der Waals surface area contributed by atoms with Crippen LogP contribution < -0.4 is 0 Å². The summed E-state index contributed by atoms with van der Waals surface area (Å²) in [4.78, 5) is 14.2. The van der Waals surface area contributed by atoms with E-state index in [-0.39, 0.29) is 11.5 Å². The number of halogens is 3. The standard InChI is InChI=1S/C16H14Br2FNO/c17-8-9-20(11-12-4-2-1-3-5-12)16(21)14-7-6-13(18)10-15(14)19/h1-7,10H,8-9,11H2. The number of rotatable bonds is 5. The summed E-state index contributed by atoms with van der Waals surface area (Å²) < 4.78 is 14.6. The quantitative estimate of drug-likeness (QED) is 0.653. The van der Waals surface area contributed by atoms with Crippen molar-refractivity contribution >= 4 is 37.8 Å². The van der Waals surface area contributed by atoms with Crippen LogP contribution >= 0.6 is 31.9 Å². The summed E-state index contributed by atoms with van der Waals surface area (Å²) in [5.41, 5.74) is 1.11. The summed E-state index contributed by atoms with van der Waals surface area (Å²) in [7, 11) is 0. The molecule has 0 saturated carbocycles. The van der Waals surface area contributed by atoms with Crippen LogP contribution in [0.5, 0.6) is 0 Å². The zero-order valence-electron chi connectivity index (χ0n) is 11.2. The van der Waals surface area contributed by atoms with Crippen LogP contribution in [0.25, 0.3) is 0 Å². The summed E-state index contributed by atoms with van der Waals surface area (Å²) in [5.74, 6) is -0.815. The highest BCUT2D eigenvalue weighted by Gasteiger charge is 2.19. The maximum atomic E-state index is 14.0. The Morgan fingerprint density at radius 1 is 1.14 bits per heavy atom. The predicted molar refractivity (Wildman–Crippen MR) is 89.1 cm³/mol. The number of hydrogen-bond acceptors (Lipinski definition) is 1. The first-order valence-electron chi connectivity index (χ1n) is 6.46. The van der Waals surface area contributed by atoms with Gasteiger partial charge in [-0.3, -0.25) is 4.79 Å². The molecule has 0 bridgehead atoms. The molecule has 0 heterocycles. The van der Waals surface area contributed by atoms with Crippen LogP contribution in [0.1, 0.15) is 15.9 Å². The maximum Gasteiger partial charge on any atom is 0.257 e. The fourth-order valence-corrected chi connectivity index (χ4v) is 2.75. The van der Waals surface area contributed by atoms with E-state index in [0.717, 1.165) is 5.56 Å². The zero-order valence-corrected chi connectivity index (χ0v) is 14.4. The molecule has 0 radical (unpaired) electrons. The molecule has 0 N–H and O–H groups in total. The molecule has 21 heavy (non-hydrogen) atoms. The van der Waals surface area contributed by atoms with E-state index in [1.165, 1.54) is 12.1 Å². The molecule has 5 heteroatoms. The third-order valence-electron chi connectivity index (χ3n) is 3.02. The fourth-order valence-electron chi connectivity index (χ4n) is 1.99. The van der Waals surface area contributed by atoms with Gasteiger partial charge in [-0.05, 0) is 23.8 Å². The first-order valence-corrected chi connectivity index (χ1v) is 8.37. The van der Waals surface area contributed by atoms with Crippen molar-refractivity contribution in [2.75, 3.05) is 11.9 Å². The van der Waals surface area contributed by atoms with Gasteiger partial charge >= 0.3 is 0 Å². The van der Waals surface area contributed by atoms with Crippen molar-refractivity contribution in [1.82, 2.24) is 4.90 Å². The molecule has 0 unspecified atom stereocenters. The zero-order chi connectivity index (χ0) is 15.2. The molecular weight excluding hydrogens is 401 g/mol. The number of hydrogen-bond donors (Lipinski definition) is 0. The normalized spacial score (nSPS) is 10.4. The van der Waals surface area contributed by atoms with Crippen molar-refractivity contribution in [3.8, 4) is 0 Å². The van der Waals surface area contributed by atoms with E-state index < -0.39 is 5.82 Å². The highest BCUT2D eigenvalue weighted by Crippen LogP contribution is 2.18. The average molecular weight is 415 g/mol. The van der Waals surface area contributed by atoms with Gasteiger partial charge in [-0.15, -0.1) is 0 Å². The minimum absolute atomic E-state index is 0.0927. The van der Waals surface area contributed by atoms with Crippen LogP contribution in [-0.4, -0.2) is 22.7 Å². The second-order valence-electron chi connectivity index (χ2n) is 4.53. The van der Waals surface area contributed by atoms with Gasteiger partial charge in [-0.25, -0.2) is 4.39 Å². The van der Waals surface area contributed by atoms with Gasteiger partial charge in [0.15, 0.2) is 0 Å². The van der Waals surface area contributed by atoms with E-state index >= 15 is 0 Å². The summed E-state index contributed by atoms with van der Waals surface area (Å²) in [6.45, 7) is 0.976. The van der Waals surface area contributed by atoms with Gasteiger partial charge in [-0.1, -0.05) is 62.2 Å². The molecule has 0 spiro atoms. The Hall–Kier alpha value is -1.20. The topological polar surface area (TPSA) is 20.3 Å². The van der Waals surface area contributed by atoms with Crippen LogP contribution in [0, 0.1) is 5.82 Å². The molecule has 0 aromatic heterocycles. The lowest BCUT2D eigenvalue weighted by Crippen LogP contribution is -2.32. The molecule has 0 atom stereocenters. The van der Waals surface area contributed by atoms with Gasteiger partial charge in [0.25, 0.3) is 5.91 Å². The van der Waals surface area contributed by atoms with Gasteiger partial charge in [-0.2, -0.15) is 0 Å². The number of carbonyl (C=O) groups excluding carboxylic acids is 1. The molecule has 0 fully saturated rings. The van der Waals surface area contributed by atoms with E-state index in [2.05, 4.69) is 31.9 Å². The molecule has 2 aromatic rings. The van der Waals surface area contributed by atoms with E-state index in [4.69, 9.17) is 0 Å². The molecule has 0 aliphatic rings. The molecule has 2 rings (SSSR count). The van der Waals surface area contributed by atoms with Gasteiger partial charge < -0.3 is 4.90 Å². The summed E-state index contributed by atoms with van der Waals surface area (Å²) in [6, 6.07) is 14.2. The molecular formula is C16H14Br2FNO. The predicted octanol–water partition coefficient (Wildman–Crippen LogP) is 4.63. The maximum absolute atomic E-state index is 14.0. The van der Waals surface area contributed by atoms with Crippen molar-refractivity contribution in [3.63, 3.8) is 0 Å². The van der Waals surface area contributed by atoms with Crippen LogP contribution in [0.4, 0.5) is 4.39 Å². The second kappa shape index (κ2) is 7.71. The van der Waals surface area contributed by atoms with Crippen LogP contribution in [0.2, 0.25) is 0 Å². The molecule has 0 saturated heterocycles. The van der Waals surface area contributed by atoms with Crippen LogP contribution in [-0.2, 0) is 6.54 Å². The van der Waals surface area contributed by atoms with Gasteiger partial charge in [0.1, 0.15) is 5.82 Å². The number of carbonyl (C=O) groups is 1. The highest BCUT2D eigenvalue weighted by atomic mass is 79.9. The van der Waals surface area contributed by atoms with Crippen molar-refractivity contribution in [2.24, 2.45) is 0 Å². The SMILES string of the molecule is O=C(c1ccc(Br)cc1F)N(CCBr)Cc1ccccc1. The number of nitrogens with zero attached hydrogens (tertiary/aromatic N) is 1. The third kappa shape index (κ3) is 4.38. The number of alkyl halides is 1. The van der Waals surface area contributed by atoms with Crippen molar-refractivity contribution < 1.29 is 9.18 Å². The minimum atomic E-state index is -0.512. The Balaban J connectivity index is 2.23. The fraction of sp³-hybridized carbons (Fsp3) is 0.188. The molecule has 110 valence electrons. The largest absolute Gasteiger partial charge is 0.333 e. The summed E-state index contributed by atoms with van der Waals surface area (Å²) in [5, 5.41) is 0.643. The Kier molecular flexibility index (Phi) is 5.94. The molecule has 0 aliphatic heterocycles. The first-order chi connectivity index (χ1) is 10.1. The number of amides is 1. The second-order valence-corrected chi connectivity index (χ2v) is 6.23. The van der Waals surface area contributed by atoms with E-state index in [1.807, 2.05) is 30.3 Å². The van der Waals surface area contributed by atoms with Crippen LogP contribution in [0.15, 0.2) is 53.0 Å². The van der Waals surface area contributed by atoms with Gasteiger partial charge in [0.05, 0.1) is 5.56 Å². The first kappa shape index (κ1) is 16.2. The highest BCUT2D eigenvalue weighted by molar-refractivity contribution is 9.10. The van der Waals surface area contributed by atoms with Crippen molar-refractivity contribution in [2.45, 2.75) is 6.54 Å². The van der Waals surface area contributed by atoms with Crippen molar-refractivity contribution in [1.29, 1.82) is 0 Å². The monoisotopic (exact) mass is 413 g/mol. The van der Waals surface area contributed by atoms with E-state index in [0.29, 0.717) is 22.9 Å². The number of benzene rings is 2. The summed E-state index contributed by atoms with van der Waals surface area (Å²) >= 11 is 6.53. The Bertz CT molecular complexity index is 619. The average Bonchev–Trinajstić information content (AvgIpc) is 2.47. The molecule has 0 aliphatic carbocycles. The Morgan fingerprint density at radius 3 is 2.48 bits per heavy atom. The minimum Gasteiger partial charge on any atom is -0.333 e. The lowest BCUT2D eigenvalue weighted by atomic mass is 10.1. The third-order valence-corrected chi connectivity index (χ3v) is 3.87. The molecule has 1 amide bonds. The van der Waals surface area contributed by atoms with Crippen LogP contribution in [0.3, 0.4) is 0 Å². The molecule has 2 nitrogen and oxygen atoms in total. The summed E-state index contributed by atoms with van der Waals surface area (Å²) in [6.07, 6.45) is 0. The van der Waals surface area contributed by atoms with Gasteiger partial charge in [0, 0.05) is 22.9 Å². The lowest BCUT2D eigenvalue weighted by Gasteiger charge is -2.22. The molecule has 2 aromatic carbocycles. The lowest BCUT2D eigenvalue weighted by molar-refractivity contribution is 0.0750. The van der Waals surface area contributed by atoms with E-state index in [1.54, 1.807) is 11.0 Å². The smallest absolute Gasteiger partial charge is 0.257 e. The van der Waals surface area contributed by atoms with Gasteiger partial charge in [0.2, 0.25) is 0 Å². The Morgan fingerprint density at radius 2 is 1.86 bits per heavy atom. The van der Waals surface area contributed by atoms with Crippen molar-refractivity contribution in [3.05, 3.63) is 69.9 Å². The Labute approximate surface area is 140 Å². The van der Waals surface area contributed by atoms with E-state index in [9.17, 15) is 9.18 Å².